The van der Waals surface area contributed by atoms with Crippen LogP contribution in [0.4, 0.5) is 4.39 Å². The van der Waals surface area contributed by atoms with Crippen molar-refractivity contribution in [3.8, 4) is 11.5 Å². The number of amides is 1. The largest absolute Gasteiger partial charge is 0.493 e. The summed E-state index contributed by atoms with van der Waals surface area (Å²) in [7, 11) is 3.16. The van der Waals surface area contributed by atoms with Crippen molar-refractivity contribution in [1.29, 1.82) is 0 Å². The van der Waals surface area contributed by atoms with E-state index in [4.69, 9.17) is 9.47 Å². The Balaban J connectivity index is 1.82. The summed E-state index contributed by atoms with van der Waals surface area (Å²) in [6, 6.07) is 15.9. The molecule has 146 valence electrons. The molecule has 0 unspecified atom stereocenters. The SMILES string of the molecule is COc1ccc(CN(Cc2cccs2)C(=O)Cc2ccccc2F)cc1OC. The van der Waals surface area contributed by atoms with E-state index in [-0.39, 0.29) is 18.1 Å². The third-order valence-corrected chi connectivity index (χ3v) is 5.26. The highest BCUT2D eigenvalue weighted by molar-refractivity contribution is 7.09. The maximum atomic E-state index is 14.0. The van der Waals surface area contributed by atoms with Gasteiger partial charge in [-0.2, -0.15) is 0 Å². The minimum atomic E-state index is -0.363. The van der Waals surface area contributed by atoms with E-state index in [1.54, 1.807) is 48.7 Å². The number of benzene rings is 2. The van der Waals surface area contributed by atoms with Crippen molar-refractivity contribution in [2.24, 2.45) is 0 Å². The van der Waals surface area contributed by atoms with Crippen LogP contribution in [-0.4, -0.2) is 25.0 Å². The number of halogens is 1. The van der Waals surface area contributed by atoms with Crippen LogP contribution in [0.25, 0.3) is 0 Å². The molecule has 3 aromatic rings. The van der Waals surface area contributed by atoms with Gasteiger partial charge in [0.2, 0.25) is 5.91 Å². The fourth-order valence-corrected chi connectivity index (χ4v) is 3.66. The lowest BCUT2D eigenvalue weighted by Crippen LogP contribution is -2.31. The van der Waals surface area contributed by atoms with Crippen LogP contribution in [0.15, 0.2) is 60.0 Å². The third kappa shape index (κ3) is 4.89. The Labute approximate surface area is 168 Å². The van der Waals surface area contributed by atoms with Gasteiger partial charge in [0.05, 0.1) is 27.2 Å². The first-order valence-corrected chi connectivity index (χ1v) is 9.73. The van der Waals surface area contributed by atoms with Gasteiger partial charge in [-0.25, -0.2) is 4.39 Å². The average Bonchev–Trinajstić information content (AvgIpc) is 3.22. The number of ether oxygens (including phenoxy) is 2. The highest BCUT2D eigenvalue weighted by Gasteiger charge is 2.18. The summed E-state index contributed by atoms with van der Waals surface area (Å²) in [6.07, 6.45) is 0.0192. The van der Waals surface area contributed by atoms with Gasteiger partial charge in [-0.05, 0) is 40.8 Å². The molecule has 0 atom stereocenters. The van der Waals surface area contributed by atoms with Crippen LogP contribution in [0.1, 0.15) is 16.0 Å². The van der Waals surface area contributed by atoms with Gasteiger partial charge in [0, 0.05) is 11.4 Å². The Morgan fingerprint density at radius 3 is 2.46 bits per heavy atom. The maximum absolute atomic E-state index is 14.0. The van der Waals surface area contributed by atoms with Gasteiger partial charge in [-0.3, -0.25) is 4.79 Å². The number of thiophene rings is 1. The molecule has 0 radical (unpaired) electrons. The normalized spacial score (nSPS) is 10.5. The van der Waals surface area contributed by atoms with Crippen LogP contribution < -0.4 is 9.47 Å². The van der Waals surface area contributed by atoms with Crippen molar-refractivity contribution in [3.05, 3.63) is 81.8 Å². The highest BCUT2D eigenvalue weighted by atomic mass is 32.1. The first-order valence-electron chi connectivity index (χ1n) is 8.85. The molecule has 0 fully saturated rings. The molecule has 1 amide bonds. The summed E-state index contributed by atoms with van der Waals surface area (Å²) < 4.78 is 24.6. The molecule has 1 aromatic heterocycles. The Morgan fingerprint density at radius 2 is 1.79 bits per heavy atom. The van der Waals surface area contributed by atoms with Crippen molar-refractivity contribution >= 4 is 17.2 Å². The molecule has 0 aliphatic rings. The van der Waals surface area contributed by atoms with Crippen LogP contribution in [0.3, 0.4) is 0 Å². The molecule has 2 aromatic carbocycles. The van der Waals surface area contributed by atoms with E-state index < -0.39 is 0 Å². The maximum Gasteiger partial charge on any atom is 0.227 e. The van der Waals surface area contributed by atoms with Crippen LogP contribution in [0, 0.1) is 5.82 Å². The molecular weight excluding hydrogens is 377 g/mol. The second-order valence-corrected chi connectivity index (χ2v) is 7.32. The average molecular weight is 399 g/mol. The van der Waals surface area contributed by atoms with E-state index in [1.807, 2.05) is 35.7 Å². The second-order valence-electron chi connectivity index (χ2n) is 6.29. The summed E-state index contributed by atoms with van der Waals surface area (Å²) in [5, 5.41) is 1.98. The number of nitrogens with zero attached hydrogens (tertiary/aromatic N) is 1. The van der Waals surface area contributed by atoms with Gasteiger partial charge in [-0.1, -0.05) is 30.3 Å². The lowest BCUT2D eigenvalue weighted by Gasteiger charge is -2.23. The van der Waals surface area contributed by atoms with Crippen molar-refractivity contribution in [3.63, 3.8) is 0 Å². The molecule has 6 heteroatoms. The topological polar surface area (TPSA) is 38.8 Å². The first kappa shape index (κ1) is 19.9. The summed E-state index contributed by atoms with van der Waals surface area (Å²) in [4.78, 5) is 15.8. The van der Waals surface area contributed by atoms with Gasteiger partial charge in [0.25, 0.3) is 0 Å². The van der Waals surface area contributed by atoms with E-state index in [0.717, 1.165) is 10.4 Å². The first-order chi connectivity index (χ1) is 13.6. The lowest BCUT2D eigenvalue weighted by atomic mass is 10.1. The summed E-state index contributed by atoms with van der Waals surface area (Å²) in [5.41, 5.74) is 1.31. The molecular formula is C22H22FNO3S. The summed E-state index contributed by atoms with van der Waals surface area (Å²) in [5.74, 6) is 0.748. The smallest absolute Gasteiger partial charge is 0.227 e. The zero-order valence-electron chi connectivity index (χ0n) is 15.9. The van der Waals surface area contributed by atoms with Crippen molar-refractivity contribution in [2.45, 2.75) is 19.5 Å². The van der Waals surface area contributed by atoms with Gasteiger partial charge < -0.3 is 14.4 Å². The van der Waals surface area contributed by atoms with E-state index in [1.165, 1.54) is 6.07 Å². The van der Waals surface area contributed by atoms with Gasteiger partial charge in [0.15, 0.2) is 11.5 Å². The fraction of sp³-hybridized carbons (Fsp3) is 0.227. The second kappa shape index (κ2) is 9.37. The summed E-state index contributed by atoms with van der Waals surface area (Å²) in [6.45, 7) is 0.866. The number of methoxy groups -OCH3 is 2. The molecule has 0 aliphatic heterocycles. The summed E-state index contributed by atoms with van der Waals surface area (Å²) >= 11 is 1.59. The number of rotatable bonds is 8. The molecule has 0 aliphatic carbocycles. The number of carbonyl (C=O) groups is 1. The molecule has 3 rings (SSSR count). The molecule has 0 bridgehead atoms. The Morgan fingerprint density at radius 1 is 1.00 bits per heavy atom. The van der Waals surface area contributed by atoms with Crippen molar-refractivity contribution < 1.29 is 18.7 Å². The quantitative estimate of drug-likeness (QED) is 0.552. The van der Waals surface area contributed by atoms with Crippen LogP contribution in [-0.2, 0) is 24.3 Å². The number of carbonyl (C=O) groups excluding carboxylic acids is 1. The van der Waals surface area contributed by atoms with Gasteiger partial charge >= 0.3 is 0 Å². The molecule has 0 saturated heterocycles. The van der Waals surface area contributed by atoms with Crippen molar-refractivity contribution in [2.75, 3.05) is 14.2 Å². The lowest BCUT2D eigenvalue weighted by molar-refractivity contribution is -0.131. The zero-order valence-corrected chi connectivity index (χ0v) is 16.7. The number of hydrogen-bond donors (Lipinski definition) is 0. The molecule has 0 spiro atoms. The molecule has 0 saturated carbocycles. The Bertz CT molecular complexity index is 927. The minimum Gasteiger partial charge on any atom is -0.493 e. The van der Waals surface area contributed by atoms with Crippen LogP contribution in [0.5, 0.6) is 11.5 Å². The predicted octanol–water partition coefficient (Wildman–Crippen LogP) is 4.68. The molecule has 4 nitrogen and oxygen atoms in total. The molecule has 0 N–H and O–H groups in total. The highest BCUT2D eigenvalue weighted by Crippen LogP contribution is 2.28. The number of hydrogen-bond acceptors (Lipinski definition) is 4. The van der Waals surface area contributed by atoms with Gasteiger partial charge in [0.1, 0.15) is 5.82 Å². The standard InChI is InChI=1S/C22H22FNO3S/c1-26-20-10-9-16(12-21(20)27-2)14-24(15-18-7-5-11-28-18)22(25)13-17-6-3-4-8-19(17)23/h3-12H,13-15H2,1-2H3. The fourth-order valence-electron chi connectivity index (χ4n) is 2.94. The zero-order chi connectivity index (χ0) is 19.9. The van der Waals surface area contributed by atoms with E-state index in [2.05, 4.69) is 0 Å². The Kier molecular flexibility index (Phi) is 6.66. The minimum absolute atomic E-state index is 0.0192. The molecule has 1 heterocycles. The molecule has 28 heavy (non-hydrogen) atoms. The Hall–Kier alpha value is -2.86. The van der Waals surface area contributed by atoms with Crippen molar-refractivity contribution in [1.82, 2.24) is 4.90 Å². The predicted molar refractivity (Wildman–Crippen MR) is 108 cm³/mol. The monoisotopic (exact) mass is 399 g/mol. The van der Waals surface area contributed by atoms with E-state index in [0.29, 0.717) is 30.2 Å². The van der Waals surface area contributed by atoms with E-state index in [9.17, 15) is 9.18 Å². The van der Waals surface area contributed by atoms with E-state index >= 15 is 0 Å². The van der Waals surface area contributed by atoms with Crippen LogP contribution in [0.2, 0.25) is 0 Å². The van der Waals surface area contributed by atoms with Gasteiger partial charge in [-0.15, -0.1) is 11.3 Å². The van der Waals surface area contributed by atoms with Crippen LogP contribution >= 0.6 is 11.3 Å². The third-order valence-electron chi connectivity index (χ3n) is 4.40.